The molecule has 1 saturated carbocycles. The smallest absolute Gasteiger partial charge is 0.229 e. The average Bonchev–Trinajstić information content (AvgIpc) is 3.21. The van der Waals surface area contributed by atoms with E-state index in [-0.39, 0.29) is 5.41 Å². The van der Waals surface area contributed by atoms with E-state index in [1.807, 2.05) is 0 Å². The molecule has 4 rings (SSSR count). The zero-order valence-corrected chi connectivity index (χ0v) is 18.9. The molecule has 4 heteroatoms. The van der Waals surface area contributed by atoms with Crippen molar-refractivity contribution in [3.05, 3.63) is 42.0 Å². The lowest BCUT2D eigenvalue weighted by Gasteiger charge is -2.39. The summed E-state index contributed by atoms with van der Waals surface area (Å²) in [7, 11) is 0. The van der Waals surface area contributed by atoms with Crippen LogP contribution in [0.25, 0.3) is 5.57 Å². The lowest BCUT2D eigenvalue weighted by molar-refractivity contribution is -0.144. The summed E-state index contributed by atoms with van der Waals surface area (Å²) in [6, 6.07) is 11.5. The van der Waals surface area contributed by atoms with Crippen LogP contribution in [0.5, 0.6) is 0 Å². The van der Waals surface area contributed by atoms with E-state index in [2.05, 4.69) is 67.4 Å². The van der Waals surface area contributed by atoms with Gasteiger partial charge in [0.1, 0.15) is 0 Å². The van der Waals surface area contributed by atoms with E-state index in [0.29, 0.717) is 29.8 Å². The molecule has 0 bridgehead atoms. The minimum absolute atomic E-state index is 0.218. The van der Waals surface area contributed by atoms with Crippen LogP contribution in [0.3, 0.4) is 0 Å². The third-order valence-electron chi connectivity index (χ3n) is 7.81. The van der Waals surface area contributed by atoms with Gasteiger partial charge in [-0.15, -0.1) is 0 Å². The molecule has 2 fully saturated rings. The van der Waals surface area contributed by atoms with E-state index < -0.39 is 0 Å². The normalized spacial score (nSPS) is 32.3. The summed E-state index contributed by atoms with van der Waals surface area (Å²) in [5.74, 6) is 1.29. The molecule has 30 heavy (non-hydrogen) atoms. The Balaban J connectivity index is 1.42. The number of hydrogen-bond acceptors (Lipinski definition) is 3. The van der Waals surface area contributed by atoms with Crippen LogP contribution in [0.1, 0.15) is 58.4 Å². The van der Waals surface area contributed by atoms with Gasteiger partial charge in [0.2, 0.25) is 5.91 Å². The fourth-order valence-corrected chi connectivity index (χ4v) is 5.70. The van der Waals surface area contributed by atoms with E-state index >= 15 is 0 Å². The molecule has 1 aliphatic carbocycles. The Bertz CT molecular complexity index is 760. The first-order valence-corrected chi connectivity index (χ1v) is 11.9. The predicted octanol–water partition coefficient (Wildman–Crippen LogP) is 4.51. The van der Waals surface area contributed by atoms with Crippen LogP contribution in [0.15, 0.2) is 36.4 Å². The van der Waals surface area contributed by atoms with E-state index in [0.717, 1.165) is 58.4 Å². The lowest BCUT2D eigenvalue weighted by Crippen LogP contribution is -2.49. The topological polar surface area (TPSA) is 41.6 Å². The van der Waals surface area contributed by atoms with Gasteiger partial charge in [-0.25, -0.2) is 0 Å². The van der Waals surface area contributed by atoms with Crippen LogP contribution in [0.2, 0.25) is 0 Å². The van der Waals surface area contributed by atoms with Crippen molar-refractivity contribution in [2.75, 3.05) is 26.3 Å². The van der Waals surface area contributed by atoms with Gasteiger partial charge in [0.05, 0.1) is 12.0 Å². The molecule has 1 N–H and O–H groups in total. The molecule has 1 aromatic carbocycles. The van der Waals surface area contributed by atoms with E-state index in [1.54, 1.807) is 0 Å². The largest absolute Gasteiger partial charge is 0.381 e. The number of ether oxygens (including phenoxy) is 1. The number of rotatable bonds is 5. The van der Waals surface area contributed by atoms with Crippen molar-refractivity contribution in [1.82, 2.24) is 10.2 Å². The molecule has 2 unspecified atom stereocenters. The molecule has 2 heterocycles. The standard InChI is InChI=1S/C26H38N2O2/c1-19(2)26(13-9-23(17-26)27-24-12-16-30-18-20(24)3)25(29)28-14-10-22(11-15-28)21-7-5-4-6-8-21/h4-8,10,19-20,23-24,27H,9,11-18H2,1-3H3/t20?,23-,24?,26+/m1/s1. The molecule has 4 nitrogen and oxygen atoms in total. The highest BCUT2D eigenvalue weighted by Gasteiger charge is 2.49. The lowest BCUT2D eigenvalue weighted by atomic mass is 9.74. The minimum atomic E-state index is -0.218. The van der Waals surface area contributed by atoms with E-state index in [9.17, 15) is 4.79 Å². The number of nitrogens with zero attached hydrogens (tertiary/aromatic N) is 1. The average molecular weight is 411 g/mol. The fraction of sp³-hybridized carbons (Fsp3) is 0.654. The van der Waals surface area contributed by atoms with Gasteiger partial charge in [-0.3, -0.25) is 4.79 Å². The summed E-state index contributed by atoms with van der Waals surface area (Å²) in [6.07, 6.45) is 7.38. The molecule has 0 aromatic heterocycles. The maximum atomic E-state index is 13.8. The molecule has 0 spiro atoms. The zero-order chi connectivity index (χ0) is 21.1. The first-order valence-electron chi connectivity index (χ1n) is 11.9. The predicted molar refractivity (Wildman–Crippen MR) is 122 cm³/mol. The number of amides is 1. The molecule has 0 radical (unpaired) electrons. The van der Waals surface area contributed by atoms with Gasteiger partial charge in [-0.2, -0.15) is 0 Å². The first kappa shape index (κ1) is 21.6. The molecule has 1 saturated heterocycles. The van der Waals surface area contributed by atoms with E-state index in [4.69, 9.17) is 4.74 Å². The van der Waals surface area contributed by atoms with Crippen molar-refractivity contribution in [1.29, 1.82) is 0 Å². The summed E-state index contributed by atoms with van der Waals surface area (Å²) < 4.78 is 5.61. The summed E-state index contributed by atoms with van der Waals surface area (Å²) in [5, 5.41) is 3.90. The summed E-state index contributed by atoms with van der Waals surface area (Å²) in [4.78, 5) is 15.9. The van der Waals surface area contributed by atoms with Crippen LogP contribution in [0, 0.1) is 17.3 Å². The summed E-state index contributed by atoms with van der Waals surface area (Å²) >= 11 is 0. The Morgan fingerprint density at radius 2 is 2.03 bits per heavy atom. The van der Waals surface area contributed by atoms with Crippen molar-refractivity contribution >= 4 is 11.5 Å². The second kappa shape index (κ2) is 9.23. The first-order chi connectivity index (χ1) is 14.5. The minimum Gasteiger partial charge on any atom is -0.381 e. The van der Waals surface area contributed by atoms with Crippen molar-refractivity contribution in [2.24, 2.45) is 17.3 Å². The second-order valence-electron chi connectivity index (χ2n) is 9.96. The van der Waals surface area contributed by atoms with Gasteiger partial charge in [0.25, 0.3) is 0 Å². The Labute approximate surface area is 182 Å². The fourth-order valence-electron chi connectivity index (χ4n) is 5.70. The number of carbonyl (C=O) groups excluding carboxylic acids is 1. The van der Waals surface area contributed by atoms with Crippen LogP contribution >= 0.6 is 0 Å². The third kappa shape index (κ3) is 4.36. The van der Waals surface area contributed by atoms with Crippen LogP contribution in [0.4, 0.5) is 0 Å². The summed E-state index contributed by atoms with van der Waals surface area (Å²) in [6.45, 7) is 10.0. The molecule has 3 aliphatic rings. The molecule has 1 amide bonds. The molecule has 2 aliphatic heterocycles. The Morgan fingerprint density at radius 1 is 1.23 bits per heavy atom. The van der Waals surface area contributed by atoms with Crippen molar-refractivity contribution in [3.63, 3.8) is 0 Å². The Morgan fingerprint density at radius 3 is 2.70 bits per heavy atom. The monoisotopic (exact) mass is 410 g/mol. The second-order valence-corrected chi connectivity index (χ2v) is 9.96. The zero-order valence-electron chi connectivity index (χ0n) is 18.9. The maximum absolute atomic E-state index is 13.8. The van der Waals surface area contributed by atoms with Crippen molar-refractivity contribution in [2.45, 2.75) is 65.0 Å². The number of nitrogens with one attached hydrogen (secondary N) is 1. The number of hydrogen-bond donors (Lipinski definition) is 1. The molecule has 4 atom stereocenters. The molecular formula is C26H38N2O2. The van der Waals surface area contributed by atoms with Crippen molar-refractivity contribution < 1.29 is 9.53 Å². The highest BCUT2D eigenvalue weighted by atomic mass is 16.5. The van der Waals surface area contributed by atoms with Gasteiger partial charge in [0.15, 0.2) is 0 Å². The van der Waals surface area contributed by atoms with Crippen molar-refractivity contribution in [3.8, 4) is 0 Å². The van der Waals surface area contributed by atoms with Gasteiger partial charge in [-0.05, 0) is 55.1 Å². The SMILES string of the molecule is CC1COCCC1N[C@@H]1CC[C@@](C(=O)N2CC=C(c3ccccc3)CC2)(C(C)C)C1. The Kier molecular flexibility index (Phi) is 6.64. The Hall–Kier alpha value is -1.65. The van der Waals surface area contributed by atoms with Gasteiger partial charge in [-0.1, -0.05) is 57.2 Å². The quantitative estimate of drug-likeness (QED) is 0.776. The maximum Gasteiger partial charge on any atom is 0.229 e. The van der Waals surface area contributed by atoms with E-state index in [1.165, 1.54) is 11.1 Å². The summed E-state index contributed by atoms with van der Waals surface area (Å²) in [5.41, 5.74) is 2.45. The highest BCUT2D eigenvalue weighted by molar-refractivity contribution is 5.84. The van der Waals surface area contributed by atoms with Crippen LogP contribution in [-0.4, -0.2) is 49.2 Å². The van der Waals surface area contributed by atoms with Gasteiger partial charge >= 0.3 is 0 Å². The van der Waals surface area contributed by atoms with Gasteiger partial charge in [0, 0.05) is 31.8 Å². The molecule has 1 aromatic rings. The molecular weight excluding hydrogens is 372 g/mol. The van der Waals surface area contributed by atoms with Crippen LogP contribution in [-0.2, 0) is 9.53 Å². The number of carbonyl (C=O) groups is 1. The highest BCUT2D eigenvalue weighted by Crippen LogP contribution is 2.46. The van der Waals surface area contributed by atoms with Gasteiger partial charge < -0.3 is 15.0 Å². The van der Waals surface area contributed by atoms with Crippen LogP contribution < -0.4 is 5.32 Å². The number of benzene rings is 1. The third-order valence-corrected chi connectivity index (χ3v) is 7.81. The molecule has 164 valence electrons.